The fraction of sp³-hybridized carbons (Fsp3) is 0.0952. The van der Waals surface area contributed by atoms with Gasteiger partial charge in [0.1, 0.15) is 0 Å². The maximum absolute atomic E-state index is 6.06. The number of fused-ring (bicyclic) bond motifs is 1. The predicted octanol–water partition coefficient (Wildman–Crippen LogP) is 6.71. The Kier molecular flexibility index (Phi) is 5.58. The molecule has 1 aromatic heterocycles. The Morgan fingerprint density at radius 2 is 1.70 bits per heavy atom. The molecule has 0 aliphatic heterocycles. The summed E-state index contributed by atoms with van der Waals surface area (Å²) in [5, 5.41) is 1.25. The summed E-state index contributed by atoms with van der Waals surface area (Å²) in [6, 6.07) is 22.2. The van der Waals surface area contributed by atoms with E-state index >= 15 is 0 Å². The van der Waals surface area contributed by atoms with E-state index in [9.17, 15) is 0 Å². The molecule has 0 amide bonds. The van der Waals surface area contributed by atoms with Crippen LogP contribution in [0.4, 0.5) is 5.69 Å². The first-order valence-electron chi connectivity index (χ1n) is 8.55. The number of aromatic nitrogens is 2. The zero-order valence-corrected chi connectivity index (χ0v) is 16.7. The van der Waals surface area contributed by atoms with Gasteiger partial charge >= 0.3 is 0 Å². The number of aryl methyl sites for hydroxylation is 2. The van der Waals surface area contributed by atoms with Gasteiger partial charge < -0.3 is 9.29 Å². The Morgan fingerprint density at radius 1 is 0.926 bits per heavy atom. The third-order valence-electron chi connectivity index (χ3n) is 4.23. The van der Waals surface area contributed by atoms with Crippen LogP contribution in [-0.4, -0.2) is 9.55 Å². The minimum absolute atomic E-state index is 0.626. The number of hydrogen-bond acceptors (Lipinski definition) is 3. The van der Waals surface area contributed by atoms with Crippen LogP contribution in [-0.2, 0) is 13.0 Å². The minimum Gasteiger partial charge on any atom is -0.330 e. The molecule has 4 aromatic rings. The van der Waals surface area contributed by atoms with Crippen molar-refractivity contribution < 1.29 is 0 Å². The number of anilines is 1. The van der Waals surface area contributed by atoms with E-state index in [0.717, 1.165) is 34.6 Å². The van der Waals surface area contributed by atoms with Gasteiger partial charge in [-0.2, -0.15) is 0 Å². The van der Waals surface area contributed by atoms with Crippen molar-refractivity contribution in [3.63, 3.8) is 0 Å². The monoisotopic (exact) mass is 413 g/mol. The van der Waals surface area contributed by atoms with Crippen molar-refractivity contribution in [2.24, 2.45) is 0 Å². The predicted molar refractivity (Wildman–Crippen MR) is 116 cm³/mol. The van der Waals surface area contributed by atoms with Gasteiger partial charge in [-0.05, 0) is 60.3 Å². The van der Waals surface area contributed by atoms with Crippen LogP contribution in [0.3, 0.4) is 0 Å². The molecule has 0 bridgehead atoms. The molecule has 0 aliphatic carbocycles. The molecule has 0 unspecified atom stereocenters. The van der Waals surface area contributed by atoms with Crippen molar-refractivity contribution in [3.8, 4) is 0 Å². The number of halogens is 2. The number of nitrogens with one attached hydrogen (secondary N) is 1. The molecule has 4 rings (SSSR count). The van der Waals surface area contributed by atoms with Gasteiger partial charge in [0.25, 0.3) is 0 Å². The van der Waals surface area contributed by atoms with Crippen LogP contribution in [0.2, 0.25) is 10.0 Å². The molecule has 0 atom stereocenters. The summed E-state index contributed by atoms with van der Waals surface area (Å²) >= 11 is 13.6. The van der Waals surface area contributed by atoms with Crippen molar-refractivity contribution in [1.82, 2.24) is 9.55 Å². The summed E-state index contributed by atoms with van der Waals surface area (Å²) in [7, 11) is 0. The first-order chi connectivity index (χ1) is 13.2. The Bertz CT molecular complexity index is 1040. The molecule has 27 heavy (non-hydrogen) atoms. The third kappa shape index (κ3) is 4.59. The summed E-state index contributed by atoms with van der Waals surface area (Å²) in [4.78, 5) is 5.47. The first-order valence-corrected chi connectivity index (χ1v) is 10.1. The van der Waals surface area contributed by atoms with Gasteiger partial charge in [0.05, 0.1) is 17.4 Å². The molecule has 3 aromatic carbocycles. The highest BCUT2D eigenvalue weighted by atomic mass is 35.5. The maximum atomic E-state index is 6.06. The van der Waals surface area contributed by atoms with Crippen LogP contribution in [0.1, 0.15) is 5.56 Å². The van der Waals surface area contributed by atoms with Gasteiger partial charge in [0.2, 0.25) is 0 Å². The normalized spacial score (nSPS) is 11.0. The Labute approximate surface area is 172 Å². The van der Waals surface area contributed by atoms with E-state index in [1.54, 1.807) is 6.07 Å². The second kappa shape index (κ2) is 8.26. The molecular formula is C21H17Cl2N3S. The van der Waals surface area contributed by atoms with Crippen LogP contribution in [0, 0.1) is 0 Å². The van der Waals surface area contributed by atoms with Crippen molar-refractivity contribution in [1.29, 1.82) is 0 Å². The zero-order valence-electron chi connectivity index (χ0n) is 14.4. The van der Waals surface area contributed by atoms with Crippen LogP contribution in [0.25, 0.3) is 11.0 Å². The van der Waals surface area contributed by atoms with E-state index in [1.807, 2.05) is 36.7 Å². The van der Waals surface area contributed by atoms with E-state index in [0.29, 0.717) is 10.0 Å². The fourth-order valence-corrected chi connectivity index (χ4v) is 4.29. The van der Waals surface area contributed by atoms with E-state index in [2.05, 4.69) is 44.6 Å². The lowest BCUT2D eigenvalue weighted by Crippen LogP contribution is -2.00. The summed E-state index contributed by atoms with van der Waals surface area (Å²) < 4.78 is 5.55. The Morgan fingerprint density at radius 3 is 2.48 bits per heavy atom. The van der Waals surface area contributed by atoms with Gasteiger partial charge in [-0.3, -0.25) is 0 Å². The van der Waals surface area contributed by atoms with Crippen LogP contribution < -0.4 is 4.72 Å². The summed E-state index contributed by atoms with van der Waals surface area (Å²) in [5.74, 6) is 0. The van der Waals surface area contributed by atoms with Gasteiger partial charge in [-0.15, -0.1) is 0 Å². The van der Waals surface area contributed by atoms with Gasteiger partial charge in [0.15, 0.2) is 0 Å². The SMILES string of the molecule is Clc1cc(Cl)cc(SNc2ccc3ncn(CCc4ccccc4)c3c2)c1. The lowest BCUT2D eigenvalue weighted by atomic mass is 10.1. The average molecular weight is 414 g/mol. The zero-order chi connectivity index (χ0) is 18.6. The van der Waals surface area contributed by atoms with E-state index in [1.165, 1.54) is 17.5 Å². The minimum atomic E-state index is 0.626. The average Bonchev–Trinajstić information content (AvgIpc) is 3.07. The van der Waals surface area contributed by atoms with Gasteiger partial charge in [0, 0.05) is 27.2 Å². The summed E-state index contributed by atoms with van der Waals surface area (Å²) in [6.07, 6.45) is 2.88. The number of hydrogen-bond donors (Lipinski definition) is 1. The number of rotatable bonds is 6. The summed E-state index contributed by atoms with van der Waals surface area (Å²) in [5.41, 5.74) is 4.43. The van der Waals surface area contributed by atoms with Crippen molar-refractivity contribution in [2.45, 2.75) is 17.9 Å². The Hall–Kier alpha value is -2.14. The quantitative estimate of drug-likeness (QED) is 0.356. The molecule has 1 heterocycles. The Balaban J connectivity index is 1.49. The number of imidazole rings is 1. The van der Waals surface area contributed by atoms with E-state index < -0.39 is 0 Å². The number of nitrogens with zero attached hydrogens (tertiary/aromatic N) is 2. The molecule has 1 N–H and O–H groups in total. The van der Waals surface area contributed by atoms with Gasteiger partial charge in [-0.1, -0.05) is 53.5 Å². The molecule has 3 nitrogen and oxygen atoms in total. The molecular weight excluding hydrogens is 397 g/mol. The van der Waals surface area contributed by atoms with Crippen molar-refractivity contribution in [2.75, 3.05) is 4.72 Å². The lowest BCUT2D eigenvalue weighted by molar-refractivity contribution is 0.716. The highest BCUT2D eigenvalue weighted by Gasteiger charge is 2.06. The summed E-state index contributed by atoms with van der Waals surface area (Å²) in [6.45, 7) is 0.890. The smallest absolute Gasteiger partial charge is 0.0958 e. The molecule has 0 saturated heterocycles. The highest BCUT2D eigenvalue weighted by Crippen LogP contribution is 2.28. The largest absolute Gasteiger partial charge is 0.330 e. The van der Waals surface area contributed by atoms with Crippen LogP contribution >= 0.6 is 35.1 Å². The molecule has 0 radical (unpaired) electrons. The molecule has 0 saturated carbocycles. The van der Waals surface area contributed by atoms with E-state index in [4.69, 9.17) is 23.2 Å². The second-order valence-electron chi connectivity index (χ2n) is 6.19. The molecule has 136 valence electrons. The molecule has 0 fully saturated rings. The van der Waals surface area contributed by atoms with Crippen LogP contribution in [0.15, 0.2) is 78.0 Å². The number of benzene rings is 3. The van der Waals surface area contributed by atoms with Crippen molar-refractivity contribution >= 4 is 51.9 Å². The molecule has 6 heteroatoms. The second-order valence-corrected chi connectivity index (χ2v) is 7.94. The standard InChI is InChI=1S/C21H17Cl2N3S/c22-16-10-17(23)12-19(11-16)27-25-18-6-7-20-21(13-18)26(14-24-20)9-8-15-4-2-1-3-5-15/h1-7,10-14,25H,8-9H2. The molecule has 0 spiro atoms. The highest BCUT2D eigenvalue weighted by molar-refractivity contribution is 8.00. The van der Waals surface area contributed by atoms with Gasteiger partial charge in [-0.25, -0.2) is 4.98 Å². The third-order valence-corrected chi connectivity index (χ3v) is 5.47. The fourth-order valence-electron chi connectivity index (χ4n) is 2.90. The van der Waals surface area contributed by atoms with Crippen LogP contribution in [0.5, 0.6) is 0 Å². The lowest BCUT2D eigenvalue weighted by Gasteiger charge is -2.08. The van der Waals surface area contributed by atoms with Crippen molar-refractivity contribution in [3.05, 3.63) is 88.7 Å². The molecule has 0 aliphatic rings. The topological polar surface area (TPSA) is 29.9 Å². The van der Waals surface area contributed by atoms with E-state index in [-0.39, 0.29) is 0 Å². The first kappa shape index (κ1) is 18.2. The maximum Gasteiger partial charge on any atom is 0.0958 e.